The monoisotopic (exact) mass is 297 g/mol. The van der Waals surface area contributed by atoms with Crippen LogP contribution in [0.3, 0.4) is 0 Å². The first-order valence-electron chi connectivity index (χ1n) is 4.91. The molecule has 5 heteroatoms. The predicted molar refractivity (Wildman–Crippen MR) is 72.9 cm³/mol. The predicted octanol–water partition coefficient (Wildman–Crippen LogP) is 3.14. The molecule has 1 heterocycles. The van der Waals surface area contributed by atoms with Crippen molar-refractivity contribution in [1.29, 1.82) is 0 Å². The topological polar surface area (TPSA) is 50.9 Å². The molecule has 84 valence electrons. The van der Waals surface area contributed by atoms with Gasteiger partial charge in [0.1, 0.15) is 0 Å². The van der Waals surface area contributed by atoms with E-state index >= 15 is 0 Å². The van der Waals surface area contributed by atoms with Crippen LogP contribution in [0.5, 0.6) is 0 Å². The Morgan fingerprint density at radius 1 is 1.44 bits per heavy atom. The van der Waals surface area contributed by atoms with E-state index in [-0.39, 0.29) is 0 Å². The standard InChI is InChI=1S/C11H12BrN3S/c12-8-1-2-11(10(13)5-8)14-4-3-9-6-16-7-15-9/h1-2,5-7,14H,3-4,13H2. The lowest BCUT2D eigenvalue weighted by molar-refractivity contribution is 0.978. The average Bonchev–Trinajstić information content (AvgIpc) is 2.74. The smallest absolute Gasteiger partial charge is 0.0794 e. The van der Waals surface area contributed by atoms with Crippen molar-refractivity contribution in [1.82, 2.24) is 4.98 Å². The van der Waals surface area contributed by atoms with E-state index in [2.05, 4.69) is 31.6 Å². The van der Waals surface area contributed by atoms with Crippen LogP contribution in [0.2, 0.25) is 0 Å². The first-order valence-corrected chi connectivity index (χ1v) is 6.65. The summed E-state index contributed by atoms with van der Waals surface area (Å²) in [4.78, 5) is 4.22. The van der Waals surface area contributed by atoms with Crippen molar-refractivity contribution >= 4 is 38.6 Å². The third-order valence-electron chi connectivity index (χ3n) is 2.19. The van der Waals surface area contributed by atoms with Crippen LogP contribution in [-0.2, 0) is 6.42 Å². The molecule has 3 nitrogen and oxygen atoms in total. The van der Waals surface area contributed by atoms with Crippen LogP contribution in [0, 0.1) is 0 Å². The van der Waals surface area contributed by atoms with Crippen LogP contribution in [-0.4, -0.2) is 11.5 Å². The van der Waals surface area contributed by atoms with Gasteiger partial charge in [0.15, 0.2) is 0 Å². The number of hydrogen-bond acceptors (Lipinski definition) is 4. The molecule has 0 bridgehead atoms. The minimum atomic E-state index is 0.757. The number of nitrogens with one attached hydrogen (secondary N) is 1. The highest BCUT2D eigenvalue weighted by atomic mass is 79.9. The molecule has 0 atom stereocenters. The molecule has 1 aromatic carbocycles. The first kappa shape index (κ1) is 11.4. The molecule has 0 spiro atoms. The number of rotatable bonds is 4. The number of hydrogen-bond donors (Lipinski definition) is 2. The summed E-state index contributed by atoms with van der Waals surface area (Å²) >= 11 is 5.00. The summed E-state index contributed by atoms with van der Waals surface area (Å²) in [6.45, 7) is 0.843. The van der Waals surface area contributed by atoms with Crippen molar-refractivity contribution in [2.24, 2.45) is 0 Å². The summed E-state index contributed by atoms with van der Waals surface area (Å²) < 4.78 is 0.995. The molecule has 1 aromatic heterocycles. The maximum Gasteiger partial charge on any atom is 0.0794 e. The van der Waals surface area contributed by atoms with Gasteiger partial charge in [-0.3, -0.25) is 0 Å². The Hall–Kier alpha value is -1.07. The minimum Gasteiger partial charge on any atom is -0.397 e. The molecule has 0 radical (unpaired) electrons. The lowest BCUT2D eigenvalue weighted by Gasteiger charge is -2.08. The van der Waals surface area contributed by atoms with Gasteiger partial charge in [0, 0.05) is 22.8 Å². The third kappa shape index (κ3) is 2.96. The quantitative estimate of drug-likeness (QED) is 0.853. The fourth-order valence-electron chi connectivity index (χ4n) is 1.38. The van der Waals surface area contributed by atoms with E-state index in [4.69, 9.17) is 5.73 Å². The second kappa shape index (κ2) is 5.32. The number of aromatic nitrogens is 1. The lowest BCUT2D eigenvalue weighted by atomic mass is 10.2. The van der Waals surface area contributed by atoms with E-state index in [1.807, 2.05) is 23.7 Å². The molecule has 0 unspecified atom stereocenters. The van der Waals surface area contributed by atoms with Crippen molar-refractivity contribution in [2.45, 2.75) is 6.42 Å². The minimum absolute atomic E-state index is 0.757. The Balaban J connectivity index is 1.90. The van der Waals surface area contributed by atoms with Gasteiger partial charge in [-0.2, -0.15) is 0 Å². The van der Waals surface area contributed by atoms with Gasteiger partial charge in [-0.05, 0) is 18.2 Å². The van der Waals surface area contributed by atoms with Gasteiger partial charge < -0.3 is 11.1 Å². The van der Waals surface area contributed by atoms with Crippen molar-refractivity contribution in [3.8, 4) is 0 Å². The molecule has 2 rings (SSSR count). The number of benzene rings is 1. The molecule has 2 aromatic rings. The zero-order valence-corrected chi connectivity index (χ0v) is 11.0. The van der Waals surface area contributed by atoms with Crippen LogP contribution in [0.25, 0.3) is 0 Å². The van der Waals surface area contributed by atoms with Gasteiger partial charge >= 0.3 is 0 Å². The highest BCUT2D eigenvalue weighted by Crippen LogP contribution is 2.22. The fraction of sp³-hybridized carbons (Fsp3) is 0.182. The molecule has 0 saturated heterocycles. The van der Waals surface area contributed by atoms with Crippen LogP contribution in [0.4, 0.5) is 11.4 Å². The number of halogens is 1. The van der Waals surface area contributed by atoms with E-state index < -0.39 is 0 Å². The van der Waals surface area contributed by atoms with Gasteiger partial charge in [0.25, 0.3) is 0 Å². The van der Waals surface area contributed by atoms with Gasteiger partial charge in [-0.1, -0.05) is 15.9 Å². The number of thiazole rings is 1. The maximum absolute atomic E-state index is 5.87. The fourth-order valence-corrected chi connectivity index (χ4v) is 2.35. The Morgan fingerprint density at radius 2 is 2.31 bits per heavy atom. The summed E-state index contributed by atoms with van der Waals surface area (Å²) in [6, 6.07) is 5.84. The van der Waals surface area contributed by atoms with E-state index in [1.165, 1.54) is 0 Å². The normalized spacial score (nSPS) is 10.3. The number of nitrogens with two attached hydrogens (primary N) is 1. The zero-order chi connectivity index (χ0) is 11.4. The summed E-state index contributed by atoms with van der Waals surface area (Å²) in [7, 11) is 0. The number of nitrogens with zero attached hydrogens (tertiary/aromatic N) is 1. The Labute approximate surface area is 107 Å². The molecule has 3 N–H and O–H groups in total. The largest absolute Gasteiger partial charge is 0.397 e. The molecule has 0 fully saturated rings. The Kier molecular flexibility index (Phi) is 3.79. The third-order valence-corrected chi connectivity index (χ3v) is 3.32. The van der Waals surface area contributed by atoms with E-state index in [0.717, 1.165) is 34.5 Å². The van der Waals surface area contributed by atoms with Crippen molar-refractivity contribution in [3.63, 3.8) is 0 Å². The maximum atomic E-state index is 5.87. The van der Waals surface area contributed by atoms with Crippen LogP contribution < -0.4 is 11.1 Å². The molecule has 0 aliphatic heterocycles. The van der Waals surface area contributed by atoms with Gasteiger partial charge in [-0.15, -0.1) is 11.3 Å². The lowest BCUT2D eigenvalue weighted by Crippen LogP contribution is -2.06. The highest BCUT2D eigenvalue weighted by molar-refractivity contribution is 9.10. The van der Waals surface area contributed by atoms with Crippen molar-refractivity contribution < 1.29 is 0 Å². The van der Waals surface area contributed by atoms with Crippen LogP contribution >= 0.6 is 27.3 Å². The van der Waals surface area contributed by atoms with Gasteiger partial charge in [0.05, 0.1) is 22.6 Å². The number of nitrogen functional groups attached to an aromatic ring is 1. The van der Waals surface area contributed by atoms with Crippen LogP contribution in [0.1, 0.15) is 5.69 Å². The summed E-state index contributed by atoms with van der Waals surface area (Å²) in [5.41, 5.74) is 10.6. The van der Waals surface area contributed by atoms with E-state index in [0.29, 0.717) is 0 Å². The molecule has 16 heavy (non-hydrogen) atoms. The second-order valence-corrected chi connectivity index (χ2v) is 5.02. The van der Waals surface area contributed by atoms with E-state index in [9.17, 15) is 0 Å². The summed E-state index contributed by atoms with van der Waals surface area (Å²) in [6.07, 6.45) is 0.916. The summed E-state index contributed by atoms with van der Waals surface area (Å²) in [5, 5.41) is 5.36. The molecular formula is C11H12BrN3S. The van der Waals surface area contributed by atoms with Crippen molar-refractivity contribution in [3.05, 3.63) is 39.3 Å². The first-order chi connectivity index (χ1) is 7.75. The summed E-state index contributed by atoms with van der Waals surface area (Å²) in [5.74, 6) is 0. The molecule has 0 aliphatic carbocycles. The van der Waals surface area contributed by atoms with Crippen LogP contribution in [0.15, 0.2) is 33.6 Å². The molecular weight excluding hydrogens is 286 g/mol. The van der Waals surface area contributed by atoms with Gasteiger partial charge in [-0.25, -0.2) is 4.98 Å². The van der Waals surface area contributed by atoms with E-state index in [1.54, 1.807) is 11.3 Å². The Morgan fingerprint density at radius 3 is 3.00 bits per heavy atom. The zero-order valence-electron chi connectivity index (χ0n) is 8.61. The highest BCUT2D eigenvalue weighted by Gasteiger charge is 1.99. The number of anilines is 2. The molecule has 0 amide bonds. The molecule has 0 aliphatic rings. The Bertz CT molecular complexity index is 456. The molecule has 0 saturated carbocycles. The van der Waals surface area contributed by atoms with Gasteiger partial charge in [0.2, 0.25) is 0 Å². The second-order valence-electron chi connectivity index (χ2n) is 3.39. The SMILES string of the molecule is Nc1cc(Br)ccc1NCCc1cscn1. The average molecular weight is 298 g/mol. The van der Waals surface area contributed by atoms with Crippen molar-refractivity contribution in [2.75, 3.05) is 17.6 Å².